The normalized spacial score (nSPS) is 12.5. The lowest BCUT2D eigenvalue weighted by Gasteiger charge is -2.19. The summed E-state index contributed by atoms with van der Waals surface area (Å²) in [7, 11) is 1.67. The minimum atomic E-state index is -3.80. The van der Waals surface area contributed by atoms with Gasteiger partial charge in [0.15, 0.2) is 0 Å². The van der Waals surface area contributed by atoms with E-state index in [0.717, 1.165) is 17.5 Å². The molecular formula is C14H21ClO3S. The molecule has 0 heterocycles. The van der Waals surface area contributed by atoms with Gasteiger partial charge >= 0.3 is 0 Å². The molecule has 0 unspecified atom stereocenters. The molecule has 0 aromatic heterocycles. The Bertz CT molecular complexity index is 557. The first kappa shape index (κ1) is 16.3. The summed E-state index contributed by atoms with van der Waals surface area (Å²) >= 11 is 0. The number of hydrogen-bond donors (Lipinski definition) is 0. The number of halogens is 1. The van der Waals surface area contributed by atoms with Gasteiger partial charge in [-0.1, -0.05) is 26.8 Å². The van der Waals surface area contributed by atoms with Gasteiger partial charge in [-0.25, -0.2) is 8.42 Å². The highest BCUT2D eigenvalue weighted by Gasteiger charge is 2.20. The van der Waals surface area contributed by atoms with Gasteiger partial charge in [0.1, 0.15) is 10.6 Å². The van der Waals surface area contributed by atoms with Crippen LogP contribution in [0, 0.1) is 19.3 Å². The Morgan fingerprint density at radius 2 is 1.79 bits per heavy atom. The molecule has 1 aromatic carbocycles. The first-order valence-corrected chi connectivity index (χ1v) is 8.50. The van der Waals surface area contributed by atoms with Crippen LogP contribution in [0.4, 0.5) is 0 Å². The van der Waals surface area contributed by atoms with Gasteiger partial charge in [-0.15, -0.1) is 0 Å². The highest BCUT2D eigenvalue weighted by Crippen LogP contribution is 2.32. The standard InChI is InChI=1S/C14H21ClO3S/c1-10-8-11(2)13(12(9-10)19(15,16)17)18-7-6-14(3,4)5/h8-9H,6-7H2,1-5H3. The molecule has 0 saturated carbocycles. The molecule has 5 heteroatoms. The molecule has 0 atom stereocenters. The van der Waals surface area contributed by atoms with Crippen molar-refractivity contribution in [1.29, 1.82) is 0 Å². The average Bonchev–Trinajstić information content (AvgIpc) is 2.17. The topological polar surface area (TPSA) is 43.4 Å². The molecule has 1 rings (SSSR count). The molecule has 0 fully saturated rings. The second-order valence-electron chi connectivity index (χ2n) is 6.01. The molecule has 0 amide bonds. The van der Waals surface area contributed by atoms with Crippen molar-refractivity contribution < 1.29 is 13.2 Å². The zero-order valence-corrected chi connectivity index (χ0v) is 13.7. The van der Waals surface area contributed by atoms with Gasteiger partial charge in [0.05, 0.1) is 6.61 Å². The number of aryl methyl sites for hydroxylation is 2. The number of ether oxygens (including phenoxy) is 1. The molecule has 0 radical (unpaired) electrons. The van der Waals surface area contributed by atoms with E-state index in [1.807, 2.05) is 19.9 Å². The summed E-state index contributed by atoms with van der Waals surface area (Å²) in [4.78, 5) is 0.0561. The van der Waals surface area contributed by atoms with E-state index in [-0.39, 0.29) is 10.3 Å². The van der Waals surface area contributed by atoms with Crippen LogP contribution in [0.25, 0.3) is 0 Å². The van der Waals surface area contributed by atoms with Crippen molar-refractivity contribution in [1.82, 2.24) is 0 Å². The molecule has 0 aliphatic rings. The van der Waals surface area contributed by atoms with Crippen LogP contribution in [0.3, 0.4) is 0 Å². The van der Waals surface area contributed by atoms with Crippen molar-refractivity contribution in [2.75, 3.05) is 6.61 Å². The van der Waals surface area contributed by atoms with Crippen LogP contribution in [-0.2, 0) is 9.05 Å². The lowest BCUT2D eigenvalue weighted by atomic mass is 9.93. The largest absolute Gasteiger partial charge is 0.492 e. The Balaban J connectivity index is 3.06. The van der Waals surface area contributed by atoms with E-state index in [1.165, 1.54) is 0 Å². The average molecular weight is 305 g/mol. The van der Waals surface area contributed by atoms with Gasteiger partial charge in [-0.3, -0.25) is 0 Å². The zero-order valence-electron chi connectivity index (χ0n) is 12.1. The van der Waals surface area contributed by atoms with Gasteiger partial charge in [0.25, 0.3) is 9.05 Å². The first-order chi connectivity index (χ1) is 8.50. The summed E-state index contributed by atoms with van der Waals surface area (Å²) in [6, 6.07) is 3.43. The third-order valence-electron chi connectivity index (χ3n) is 2.75. The molecule has 0 aliphatic heterocycles. The van der Waals surface area contributed by atoms with Crippen LogP contribution in [0.5, 0.6) is 5.75 Å². The molecule has 108 valence electrons. The summed E-state index contributed by atoms with van der Waals surface area (Å²) in [5.74, 6) is 0.366. The Morgan fingerprint density at radius 3 is 2.26 bits per heavy atom. The fraction of sp³-hybridized carbons (Fsp3) is 0.571. The number of benzene rings is 1. The number of rotatable bonds is 4. The second kappa shape index (κ2) is 5.71. The van der Waals surface area contributed by atoms with E-state index >= 15 is 0 Å². The molecule has 0 bridgehead atoms. The SMILES string of the molecule is Cc1cc(C)c(OCCC(C)(C)C)c(S(=O)(=O)Cl)c1. The van der Waals surface area contributed by atoms with Gasteiger partial charge < -0.3 is 4.74 Å². The van der Waals surface area contributed by atoms with Gasteiger partial charge in [-0.05, 0) is 42.9 Å². The van der Waals surface area contributed by atoms with Crippen LogP contribution in [0.15, 0.2) is 17.0 Å². The highest BCUT2D eigenvalue weighted by atomic mass is 35.7. The molecular weight excluding hydrogens is 284 g/mol. The Hall–Kier alpha value is -0.740. The van der Waals surface area contributed by atoms with E-state index in [9.17, 15) is 8.42 Å². The van der Waals surface area contributed by atoms with Crippen LogP contribution < -0.4 is 4.74 Å². The predicted molar refractivity (Wildman–Crippen MR) is 78.5 cm³/mol. The van der Waals surface area contributed by atoms with Crippen molar-refractivity contribution in [3.63, 3.8) is 0 Å². The van der Waals surface area contributed by atoms with Gasteiger partial charge in [-0.2, -0.15) is 0 Å². The molecule has 0 spiro atoms. The molecule has 1 aromatic rings. The minimum absolute atomic E-state index is 0.0561. The molecule has 0 aliphatic carbocycles. The first-order valence-electron chi connectivity index (χ1n) is 6.19. The summed E-state index contributed by atoms with van der Waals surface area (Å²) in [5.41, 5.74) is 1.77. The molecule has 0 saturated heterocycles. The van der Waals surface area contributed by atoms with Crippen LogP contribution >= 0.6 is 10.7 Å². The predicted octanol–water partition coefficient (Wildman–Crippen LogP) is 4.05. The van der Waals surface area contributed by atoms with Crippen molar-refractivity contribution >= 4 is 19.7 Å². The summed E-state index contributed by atoms with van der Waals surface area (Å²) in [6.07, 6.45) is 0.835. The molecule has 3 nitrogen and oxygen atoms in total. The monoisotopic (exact) mass is 304 g/mol. The summed E-state index contributed by atoms with van der Waals surface area (Å²) < 4.78 is 28.9. The second-order valence-corrected chi connectivity index (χ2v) is 8.54. The van der Waals surface area contributed by atoms with Crippen molar-refractivity contribution in [3.8, 4) is 5.75 Å². The Labute approximate surface area is 120 Å². The Kier molecular flexibility index (Phi) is 4.91. The zero-order chi connectivity index (χ0) is 14.8. The van der Waals surface area contributed by atoms with Crippen LogP contribution in [0.2, 0.25) is 0 Å². The van der Waals surface area contributed by atoms with Crippen LogP contribution in [-0.4, -0.2) is 15.0 Å². The van der Waals surface area contributed by atoms with Crippen molar-refractivity contribution in [3.05, 3.63) is 23.3 Å². The lowest BCUT2D eigenvalue weighted by Crippen LogP contribution is -2.12. The highest BCUT2D eigenvalue weighted by molar-refractivity contribution is 8.13. The quantitative estimate of drug-likeness (QED) is 0.788. The van der Waals surface area contributed by atoms with E-state index in [0.29, 0.717) is 12.4 Å². The maximum atomic E-state index is 11.6. The number of hydrogen-bond acceptors (Lipinski definition) is 3. The summed E-state index contributed by atoms with van der Waals surface area (Å²) in [5, 5.41) is 0. The van der Waals surface area contributed by atoms with E-state index in [2.05, 4.69) is 20.8 Å². The van der Waals surface area contributed by atoms with E-state index < -0.39 is 9.05 Å². The Morgan fingerprint density at radius 1 is 1.21 bits per heavy atom. The molecule has 0 N–H and O–H groups in total. The van der Waals surface area contributed by atoms with Crippen molar-refractivity contribution in [2.24, 2.45) is 5.41 Å². The smallest absolute Gasteiger partial charge is 0.265 e. The maximum Gasteiger partial charge on any atom is 0.265 e. The minimum Gasteiger partial charge on any atom is -0.492 e. The lowest BCUT2D eigenvalue weighted by molar-refractivity contribution is 0.237. The van der Waals surface area contributed by atoms with Gasteiger partial charge in [0, 0.05) is 10.7 Å². The van der Waals surface area contributed by atoms with Gasteiger partial charge in [0.2, 0.25) is 0 Å². The molecule has 19 heavy (non-hydrogen) atoms. The fourth-order valence-corrected chi connectivity index (χ4v) is 2.85. The van der Waals surface area contributed by atoms with Crippen LogP contribution in [0.1, 0.15) is 38.3 Å². The van der Waals surface area contributed by atoms with Crippen molar-refractivity contribution in [2.45, 2.75) is 45.9 Å². The third kappa shape index (κ3) is 5.03. The van der Waals surface area contributed by atoms with E-state index in [4.69, 9.17) is 15.4 Å². The fourth-order valence-electron chi connectivity index (χ4n) is 1.74. The van der Waals surface area contributed by atoms with E-state index in [1.54, 1.807) is 6.07 Å². The third-order valence-corrected chi connectivity index (χ3v) is 4.07. The maximum absolute atomic E-state index is 11.6. The summed E-state index contributed by atoms with van der Waals surface area (Å²) in [6.45, 7) is 10.4.